The molecule has 2 N–H and O–H groups in total. The number of hydrogen-bond donors (Lipinski definition) is 1. The molecule has 0 atom stereocenters. The van der Waals surface area contributed by atoms with Crippen LogP contribution >= 0.6 is 11.6 Å². The van der Waals surface area contributed by atoms with Gasteiger partial charge < -0.3 is 10.5 Å². The molecular weight excluding hydrogens is 238 g/mol. The van der Waals surface area contributed by atoms with Gasteiger partial charge in [0, 0.05) is 0 Å². The molecule has 0 bridgehead atoms. The molecule has 1 aromatic carbocycles. The molecule has 17 heavy (non-hydrogen) atoms. The quantitative estimate of drug-likeness (QED) is 0.888. The zero-order valence-corrected chi connectivity index (χ0v) is 10.3. The Hall–Kier alpha value is -1.81. The van der Waals surface area contributed by atoms with E-state index < -0.39 is 0 Å². The van der Waals surface area contributed by atoms with Crippen LogP contribution in [0.4, 0.5) is 5.82 Å². The minimum absolute atomic E-state index is 0.210. The number of halogens is 1. The monoisotopic (exact) mass is 249 g/mol. The molecule has 0 saturated heterocycles. The SMILES string of the molecule is Cc1ccc(Oc2ncnc(N)c2Cl)c(C)c1. The van der Waals surface area contributed by atoms with E-state index in [9.17, 15) is 0 Å². The lowest BCUT2D eigenvalue weighted by molar-refractivity contribution is 0.458. The van der Waals surface area contributed by atoms with E-state index in [-0.39, 0.29) is 16.7 Å². The molecule has 0 radical (unpaired) electrons. The van der Waals surface area contributed by atoms with E-state index in [0.717, 1.165) is 5.56 Å². The van der Waals surface area contributed by atoms with E-state index in [2.05, 4.69) is 9.97 Å². The van der Waals surface area contributed by atoms with E-state index >= 15 is 0 Å². The number of hydrogen-bond acceptors (Lipinski definition) is 4. The van der Waals surface area contributed by atoms with Gasteiger partial charge in [0.15, 0.2) is 0 Å². The Morgan fingerprint density at radius 3 is 2.71 bits per heavy atom. The molecule has 4 nitrogen and oxygen atoms in total. The number of nitrogen functional groups attached to an aromatic ring is 1. The van der Waals surface area contributed by atoms with E-state index in [1.54, 1.807) is 0 Å². The molecular formula is C12H12ClN3O. The third kappa shape index (κ3) is 2.47. The minimum Gasteiger partial charge on any atom is -0.437 e. The molecule has 2 aromatic rings. The van der Waals surface area contributed by atoms with Gasteiger partial charge in [-0.2, -0.15) is 4.98 Å². The second kappa shape index (κ2) is 4.59. The first kappa shape index (κ1) is 11.7. The summed E-state index contributed by atoms with van der Waals surface area (Å²) < 4.78 is 5.61. The van der Waals surface area contributed by atoms with Gasteiger partial charge in [-0.3, -0.25) is 0 Å². The van der Waals surface area contributed by atoms with Gasteiger partial charge in [0.05, 0.1) is 0 Å². The van der Waals surface area contributed by atoms with Crippen LogP contribution in [0.15, 0.2) is 24.5 Å². The number of nitrogens with zero attached hydrogens (tertiary/aromatic N) is 2. The van der Waals surface area contributed by atoms with Crippen molar-refractivity contribution in [2.24, 2.45) is 0 Å². The summed E-state index contributed by atoms with van der Waals surface area (Å²) in [6.45, 7) is 3.98. The number of ether oxygens (including phenoxy) is 1. The third-order valence-corrected chi connectivity index (χ3v) is 2.68. The molecule has 1 heterocycles. The number of aromatic nitrogens is 2. The average molecular weight is 250 g/mol. The first-order valence-corrected chi connectivity index (χ1v) is 5.47. The highest BCUT2D eigenvalue weighted by molar-refractivity contribution is 6.34. The van der Waals surface area contributed by atoms with Crippen LogP contribution in [0.2, 0.25) is 5.02 Å². The van der Waals surface area contributed by atoms with Crippen LogP contribution in [-0.2, 0) is 0 Å². The molecule has 0 unspecified atom stereocenters. The van der Waals surface area contributed by atoms with Crippen LogP contribution in [-0.4, -0.2) is 9.97 Å². The summed E-state index contributed by atoms with van der Waals surface area (Å²) in [7, 11) is 0. The first-order valence-electron chi connectivity index (χ1n) is 5.09. The lowest BCUT2D eigenvalue weighted by Crippen LogP contribution is -1.97. The van der Waals surface area contributed by atoms with Crippen molar-refractivity contribution in [3.63, 3.8) is 0 Å². The van der Waals surface area contributed by atoms with Gasteiger partial charge in [0.25, 0.3) is 0 Å². The fourth-order valence-corrected chi connectivity index (χ4v) is 1.59. The minimum atomic E-state index is 0.210. The zero-order chi connectivity index (χ0) is 12.4. The van der Waals surface area contributed by atoms with Gasteiger partial charge in [0.2, 0.25) is 5.88 Å². The summed E-state index contributed by atoms with van der Waals surface area (Å²) in [5.74, 6) is 1.18. The molecule has 0 aliphatic heterocycles. The van der Waals surface area contributed by atoms with Crippen molar-refractivity contribution >= 4 is 17.4 Å². The summed E-state index contributed by atoms with van der Waals surface area (Å²) in [5, 5.41) is 0.229. The second-order valence-electron chi connectivity index (χ2n) is 3.75. The number of aryl methyl sites for hydroxylation is 2. The number of benzene rings is 1. The molecule has 5 heteroatoms. The number of nitrogens with two attached hydrogens (primary N) is 1. The highest BCUT2D eigenvalue weighted by Crippen LogP contribution is 2.31. The predicted molar refractivity (Wildman–Crippen MR) is 67.4 cm³/mol. The zero-order valence-electron chi connectivity index (χ0n) is 9.57. The van der Waals surface area contributed by atoms with Gasteiger partial charge in [-0.15, -0.1) is 0 Å². The van der Waals surface area contributed by atoms with Crippen molar-refractivity contribution in [3.05, 3.63) is 40.7 Å². The van der Waals surface area contributed by atoms with Crippen molar-refractivity contribution in [3.8, 4) is 11.6 Å². The number of anilines is 1. The standard InChI is InChI=1S/C12H12ClN3O/c1-7-3-4-9(8(2)5-7)17-12-10(13)11(14)15-6-16-12/h3-6H,1-2H3,(H2,14,15,16). The maximum Gasteiger partial charge on any atom is 0.243 e. The number of rotatable bonds is 2. The Balaban J connectivity index is 2.35. The summed E-state index contributed by atoms with van der Waals surface area (Å²) in [6.07, 6.45) is 1.32. The van der Waals surface area contributed by atoms with Crippen LogP contribution in [0.5, 0.6) is 11.6 Å². The average Bonchev–Trinajstić information content (AvgIpc) is 2.28. The maximum atomic E-state index is 5.95. The molecule has 0 aliphatic carbocycles. The fourth-order valence-electron chi connectivity index (χ4n) is 1.46. The van der Waals surface area contributed by atoms with Crippen LogP contribution in [0.3, 0.4) is 0 Å². The fraction of sp³-hybridized carbons (Fsp3) is 0.167. The third-order valence-electron chi connectivity index (χ3n) is 2.32. The van der Waals surface area contributed by atoms with Crippen LogP contribution < -0.4 is 10.5 Å². The van der Waals surface area contributed by atoms with E-state index in [0.29, 0.717) is 5.75 Å². The smallest absolute Gasteiger partial charge is 0.243 e. The van der Waals surface area contributed by atoms with E-state index in [4.69, 9.17) is 22.1 Å². The van der Waals surface area contributed by atoms with Gasteiger partial charge in [-0.25, -0.2) is 4.98 Å². The summed E-state index contributed by atoms with van der Waals surface area (Å²) in [6, 6.07) is 5.86. The lowest BCUT2D eigenvalue weighted by Gasteiger charge is -2.09. The van der Waals surface area contributed by atoms with Crippen molar-refractivity contribution in [2.75, 3.05) is 5.73 Å². The molecule has 2 rings (SSSR count). The second-order valence-corrected chi connectivity index (χ2v) is 4.13. The maximum absolute atomic E-state index is 5.95. The summed E-state index contributed by atoms with van der Waals surface area (Å²) in [4.78, 5) is 7.72. The van der Waals surface area contributed by atoms with Crippen molar-refractivity contribution in [1.29, 1.82) is 0 Å². The van der Waals surface area contributed by atoms with Crippen LogP contribution in [0.1, 0.15) is 11.1 Å². The summed E-state index contributed by atoms with van der Waals surface area (Å²) >= 11 is 5.95. The molecule has 0 fully saturated rings. The molecule has 0 aliphatic rings. The Bertz CT molecular complexity index is 557. The Morgan fingerprint density at radius 1 is 1.24 bits per heavy atom. The Labute approximate surface area is 104 Å². The van der Waals surface area contributed by atoms with Crippen molar-refractivity contribution in [1.82, 2.24) is 9.97 Å². The van der Waals surface area contributed by atoms with Gasteiger partial charge in [-0.1, -0.05) is 29.3 Å². The van der Waals surface area contributed by atoms with Crippen molar-refractivity contribution < 1.29 is 4.74 Å². The normalized spacial score (nSPS) is 10.3. The van der Waals surface area contributed by atoms with E-state index in [1.165, 1.54) is 11.9 Å². The van der Waals surface area contributed by atoms with Gasteiger partial charge >= 0.3 is 0 Å². The first-order chi connectivity index (χ1) is 8.08. The largest absolute Gasteiger partial charge is 0.437 e. The van der Waals surface area contributed by atoms with Crippen molar-refractivity contribution in [2.45, 2.75) is 13.8 Å². The Kier molecular flexibility index (Phi) is 3.15. The lowest BCUT2D eigenvalue weighted by atomic mass is 10.1. The molecule has 0 saturated carbocycles. The summed E-state index contributed by atoms with van der Waals surface area (Å²) in [5.41, 5.74) is 7.76. The molecule has 88 valence electrons. The highest BCUT2D eigenvalue weighted by atomic mass is 35.5. The van der Waals surface area contributed by atoms with Gasteiger partial charge in [0.1, 0.15) is 22.9 Å². The molecule has 1 aromatic heterocycles. The topological polar surface area (TPSA) is 61.0 Å². The van der Waals surface area contributed by atoms with Crippen LogP contribution in [0.25, 0.3) is 0 Å². The predicted octanol–water partition coefficient (Wildman–Crippen LogP) is 3.12. The highest BCUT2D eigenvalue weighted by Gasteiger charge is 2.10. The molecule has 0 spiro atoms. The van der Waals surface area contributed by atoms with Gasteiger partial charge in [-0.05, 0) is 25.5 Å². The van der Waals surface area contributed by atoms with E-state index in [1.807, 2.05) is 32.0 Å². The Morgan fingerprint density at radius 2 is 2.00 bits per heavy atom. The van der Waals surface area contributed by atoms with Crippen LogP contribution in [0, 0.1) is 13.8 Å². The molecule has 0 amide bonds.